The summed E-state index contributed by atoms with van der Waals surface area (Å²) >= 11 is 0. The van der Waals surface area contributed by atoms with Gasteiger partial charge < -0.3 is 15.4 Å². The fourth-order valence-corrected chi connectivity index (χ4v) is 3.03. The SMILES string of the molecule is COc1ccccc1[C@H]1CCCN1c1cc(C)nc(N)n1. The third-order valence-corrected chi connectivity index (χ3v) is 3.90. The van der Waals surface area contributed by atoms with Crippen LogP contribution in [0.1, 0.15) is 30.1 Å². The van der Waals surface area contributed by atoms with Crippen molar-refractivity contribution < 1.29 is 4.74 Å². The van der Waals surface area contributed by atoms with Crippen LogP contribution < -0.4 is 15.4 Å². The minimum absolute atomic E-state index is 0.273. The second-order valence-electron chi connectivity index (χ2n) is 5.32. The number of nitrogen functional groups attached to an aromatic ring is 1. The Hall–Kier alpha value is -2.30. The number of nitrogens with two attached hydrogens (primary N) is 1. The van der Waals surface area contributed by atoms with E-state index >= 15 is 0 Å². The summed E-state index contributed by atoms with van der Waals surface area (Å²) in [6.45, 7) is 2.91. The molecule has 21 heavy (non-hydrogen) atoms. The fraction of sp³-hybridized carbons (Fsp3) is 0.375. The van der Waals surface area contributed by atoms with Gasteiger partial charge in [-0.1, -0.05) is 18.2 Å². The molecule has 1 fully saturated rings. The quantitative estimate of drug-likeness (QED) is 0.939. The predicted octanol–water partition coefficient (Wildman–Crippen LogP) is 2.72. The van der Waals surface area contributed by atoms with Crippen molar-refractivity contribution in [3.8, 4) is 5.75 Å². The Balaban J connectivity index is 1.99. The second kappa shape index (κ2) is 5.60. The number of rotatable bonds is 3. The minimum atomic E-state index is 0.273. The summed E-state index contributed by atoms with van der Waals surface area (Å²) < 4.78 is 5.51. The first kappa shape index (κ1) is 13.7. The molecule has 0 spiro atoms. The van der Waals surface area contributed by atoms with Gasteiger partial charge >= 0.3 is 0 Å². The predicted molar refractivity (Wildman–Crippen MR) is 83.5 cm³/mol. The van der Waals surface area contributed by atoms with Gasteiger partial charge in [0, 0.05) is 23.9 Å². The Morgan fingerprint density at radius 1 is 1.29 bits per heavy atom. The van der Waals surface area contributed by atoms with Crippen LogP contribution in [0.3, 0.4) is 0 Å². The van der Waals surface area contributed by atoms with E-state index in [4.69, 9.17) is 10.5 Å². The lowest BCUT2D eigenvalue weighted by Gasteiger charge is -2.27. The van der Waals surface area contributed by atoms with Crippen molar-refractivity contribution in [2.24, 2.45) is 0 Å². The molecule has 0 bridgehead atoms. The number of ether oxygens (including phenoxy) is 1. The zero-order valence-corrected chi connectivity index (χ0v) is 12.4. The van der Waals surface area contributed by atoms with E-state index in [9.17, 15) is 0 Å². The summed E-state index contributed by atoms with van der Waals surface area (Å²) in [6, 6.07) is 10.4. The molecular formula is C16H20N4O. The molecule has 1 aliphatic heterocycles. The van der Waals surface area contributed by atoms with Crippen LogP contribution in [0.2, 0.25) is 0 Å². The second-order valence-corrected chi connectivity index (χ2v) is 5.32. The first-order chi connectivity index (χ1) is 10.2. The Morgan fingerprint density at radius 3 is 2.86 bits per heavy atom. The van der Waals surface area contributed by atoms with E-state index in [0.29, 0.717) is 5.95 Å². The third-order valence-electron chi connectivity index (χ3n) is 3.90. The maximum absolute atomic E-state index is 5.79. The van der Waals surface area contributed by atoms with Crippen LogP contribution in [0.5, 0.6) is 5.75 Å². The van der Waals surface area contributed by atoms with Gasteiger partial charge in [-0.15, -0.1) is 0 Å². The third kappa shape index (κ3) is 2.63. The monoisotopic (exact) mass is 284 g/mol. The number of aryl methyl sites for hydroxylation is 1. The molecule has 2 N–H and O–H groups in total. The van der Waals surface area contributed by atoms with Crippen LogP contribution in [0.15, 0.2) is 30.3 Å². The number of aromatic nitrogens is 2. The van der Waals surface area contributed by atoms with Gasteiger partial charge in [0.1, 0.15) is 11.6 Å². The lowest BCUT2D eigenvalue weighted by atomic mass is 10.0. The Bertz CT molecular complexity index is 624. The summed E-state index contributed by atoms with van der Waals surface area (Å²) in [5, 5.41) is 0. The summed E-state index contributed by atoms with van der Waals surface area (Å²) in [7, 11) is 1.71. The van der Waals surface area contributed by atoms with Crippen molar-refractivity contribution in [3.05, 3.63) is 41.6 Å². The summed E-state index contributed by atoms with van der Waals surface area (Å²) in [5.74, 6) is 2.15. The summed E-state index contributed by atoms with van der Waals surface area (Å²) in [4.78, 5) is 10.8. The largest absolute Gasteiger partial charge is 0.496 e. The highest BCUT2D eigenvalue weighted by Gasteiger charge is 2.29. The van der Waals surface area contributed by atoms with Crippen molar-refractivity contribution in [2.45, 2.75) is 25.8 Å². The van der Waals surface area contributed by atoms with Crippen molar-refractivity contribution in [1.29, 1.82) is 0 Å². The van der Waals surface area contributed by atoms with E-state index < -0.39 is 0 Å². The number of hydrogen-bond donors (Lipinski definition) is 1. The molecule has 0 saturated carbocycles. The van der Waals surface area contributed by atoms with Gasteiger partial charge in [0.05, 0.1) is 13.2 Å². The van der Waals surface area contributed by atoms with E-state index in [2.05, 4.69) is 20.9 Å². The standard InChI is InChI=1S/C16H20N4O/c1-11-10-15(19-16(17)18-11)20-9-5-7-13(20)12-6-3-4-8-14(12)21-2/h3-4,6,8,10,13H,5,7,9H2,1-2H3,(H2,17,18,19)/t13-/m1/s1. The molecule has 110 valence electrons. The maximum atomic E-state index is 5.79. The summed E-state index contributed by atoms with van der Waals surface area (Å²) in [6.07, 6.45) is 2.22. The fourth-order valence-electron chi connectivity index (χ4n) is 3.03. The molecule has 2 heterocycles. The van der Waals surface area contributed by atoms with Gasteiger partial charge in [-0.2, -0.15) is 4.98 Å². The van der Waals surface area contributed by atoms with Gasteiger partial charge in [-0.25, -0.2) is 4.98 Å². The lowest BCUT2D eigenvalue weighted by Crippen LogP contribution is -2.24. The Kier molecular flexibility index (Phi) is 3.64. The molecule has 5 nitrogen and oxygen atoms in total. The zero-order chi connectivity index (χ0) is 14.8. The van der Waals surface area contributed by atoms with Gasteiger partial charge in [0.2, 0.25) is 5.95 Å². The molecule has 1 atom stereocenters. The molecule has 1 aliphatic rings. The highest BCUT2D eigenvalue weighted by Crippen LogP contribution is 2.39. The average molecular weight is 284 g/mol. The topological polar surface area (TPSA) is 64.3 Å². The molecule has 0 unspecified atom stereocenters. The van der Waals surface area contributed by atoms with E-state index in [0.717, 1.165) is 36.6 Å². The first-order valence-corrected chi connectivity index (χ1v) is 7.20. The highest BCUT2D eigenvalue weighted by molar-refractivity contribution is 5.49. The van der Waals surface area contributed by atoms with E-state index in [1.54, 1.807) is 7.11 Å². The van der Waals surface area contributed by atoms with Crippen LogP contribution in [0.25, 0.3) is 0 Å². The molecule has 1 saturated heterocycles. The van der Waals surface area contributed by atoms with Crippen LogP contribution in [-0.4, -0.2) is 23.6 Å². The van der Waals surface area contributed by atoms with Gasteiger partial charge in [-0.3, -0.25) is 0 Å². The van der Waals surface area contributed by atoms with Crippen LogP contribution in [0.4, 0.5) is 11.8 Å². The Morgan fingerprint density at radius 2 is 2.10 bits per heavy atom. The van der Waals surface area contributed by atoms with Gasteiger partial charge in [0.25, 0.3) is 0 Å². The summed E-state index contributed by atoms with van der Waals surface area (Å²) in [5.41, 5.74) is 7.89. The van der Waals surface area contributed by atoms with E-state index in [1.807, 2.05) is 31.2 Å². The van der Waals surface area contributed by atoms with Gasteiger partial charge in [0.15, 0.2) is 0 Å². The van der Waals surface area contributed by atoms with E-state index in [1.165, 1.54) is 5.56 Å². The van der Waals surface area contributed by atoms with Crippen molar-refractivity contribution >= 4 is 11.8 Å². The first-order valence-electron chi connectivity index (χ1n) is 7.20. The number of hydrogen-bond acceptors (Lipinski definition) is 5. The normalized spacial score (nSPS) is 18.0. The molecule has 5 heteroatoms. The van der Waals surface area contributed by atoms with Crippen molar-refractivity contribution in [2.75, 3.05) is 24.3 Å². The van der Waals surface area contributed by atoms with Crippen LogP contribution in [0, 0.1) is 6.92 Å². The number of para-hydroxylation sites is 1. The smallest absolute Gasteiger partial charge is 0.222 e. The number of nitrogens with zero attached hydrogens (tertiary/aromatic N) is 3. The molecule has 3 rings (SSSR count). The highest BCUT2D eigenvalue weighted by atomic mass is 16.5. The number of anilines is 2. The Labute approximate surface area is 124 Å². The van der Waals surface area contributed by atoms with E-state index in [-0.39, 0.29) is 6.04 Å². The molecule has 1 aromatic carbocycles. The molecule has 0 amide bonds. The number of benzene rings is 1. The average Bonchev–Trinajstić information content (AvgIpc) is 2.95. The molecule has 2 aromatic rings. The van der Waals surface area contributed by atoms with Crippen molar-refractivity contribution in [1.82, 2.24) is 9.97 Å². The molecule has 1 aromatic heterocycles. The van der Waals surface area contributed by atoms with Crippen LogP contribution >= 0.6 is 0 Å². The molecular weight excluding hydrogens is 264 g/mol. The lowest BCUT2D eigenvalue weighted by molar-refractivity contribution is 0.405. The minimum Gasteiger partial charge on any atom is -0.496 e. The van der Waals surface area contributed by atoms with Gasteiger partial charge in [-0.05, 0) is 25.8 Å². The van der Waals surface area contributed by atoms with Crippen molar-refractivity contribution in [3.63, 3.8) is 0 Å². The number of methoxy groups -OCH3 is 1. The van der Waals surface area contributed by atoms with Crippen LogP contribution in [-0.2, 0) is 0 Å². The molecule has 0 aliphatic carbocycles. The zero-order valence-electron chi connectivity index (χ0n) is 12.4. The maximum Gasteiger partial charge on any atom is 0.222 e. The molecule has 0 radical (unpaired) electrons.